The van der Waals surface area contributed by atoms with Crippen LogP contribution in [-0.4, -0.2) is 35.4 Å². The van der Waals surface area contributed by atoms with E-state index in [1.54, 1.807) is 0 Å². The molecule has 5 heteroatoms. The van der Waals surface area contributed by atoms with Gasteiger partial charge in [-0.25, -0.2) is 0 Å². The molecule has 0 spiro atoms. The Morgan fingerprint density at radius 3 is 2.68 bits per heavy atom. The molecule has 0 atom stereocenters. The molecule has 1 fully saturated rings. The van der Waals surface area contributed by atoms with Gasteiger partial charge in [-0.15, -0.1) is 0 Å². The Kier molecular flexibility index (Phi) is 4.27. The summed E-state index contributed by atoms with van der Waals surface area (Å²) in [7, 11) is 1.98. The summed E-state index contributed by atoms with van der Waals surface area (Å²) in [6.45, 7) is 3.48. The van der Waals surface area contributed by atoms with E-state index in [4.69, 9.17) is 4.74 Å². The minimum Gasteiger partial charge on any atom is -0.395 e. The van der Waals surface area contributed by atoms with Crippen LogP contribution in [0.15, 0.2) is 12.1 Å². The number of nitrogens with zero attached hydrogens (tertiary/aromatic N) is 1. The fourth-order valence-corrected chi connectivity index (χ4v) is 2.42. The fraction of sp³-hybridized carbons (Fsp3) is 0.643. The van der Waals surface area contributed by atoms with Crippen molar-refractivity contribution in [3.05, 3.63) is 23.5 Å². The summed E-state index contributed by atoms with van der Waals surface area (Å²) in [5.41, 5.74) is 1.55. The lowest BCUT2D eigenvalue weighted by Gasteiger charge is -2.33. The molecule has 19 heavy (non-hydrogen) atoms. The number of aryl methyl sites for hydroxylation is 1. The van der Waals surface area contributed by atoms with Crippen LogP contribution in [0.3, 0.4) is 0 Å². The van der Waals surface area contributed by atoms with Gasteiger partial charge < -0.3 is 19.7 Å². The van der Waals surface area contributed by atoms with E-state index in [-0.39, 0.29) is 12.5 Å². The molecular formula is C14H22N2O3. The van der Waals surface area contributed by atoms with Gasteiger partial charge in [-0.1, -0.05) is 0 Å². The second-order valence-electron chi connectivity index (χ2n) is 5.26. The minimum atomic E-state index is -0.668. The third kappa shape index (κ3) is 2.82. The van der Waals surface area contributed by atoms with Crippen molar-refractivity contribution in [3.63, 3.8) is 0 Å². The van der Waals surface area contributed by atoms with Gasteiger partial charge in [0.15, 0.2) is 0 Å². The van der Waals surface area contributed by atoms with Gasteiger partial charge >= 0.3 is 0 Å². The van der Waals surface area contributed by atoms with E-state index < -0.39 is 5.41 Å². The standard InChI is InChI=1S/C14H22N2O3/c1-11-3-4-12(16(11)2)9-15-13(18)14(10-17)5-7-19-8-6-14/h3-4,17H,5-10H2,1-2H3,(H,15,18). The highest BCUT2D eigenvalue weighted by Crippen LogP contribution is 2.30. The van der Waals surface area contributed by atoms with Crippen molar-refractivity contribution >= 4 is 5.91 Å². The van der Waals surface area contributed by atoms with Gasteiger partial charge in [-0.2, -0.15) is 0 Å². The van der Waals surface area contributed by atoms with E-state index in [9.17, 15) is 9.90 Å². The van der Waals surface area contributed by atoms with Gasteiger partial charge in [0.1, 0.15) is 0 Å². The molecule has 106 valence electrons. The molecule has 2 N–H and O–H groups in total. The van der Waals surface area contributed by atoms with E-state index >= 15 is 0 Å². The molecule has 1 aromatic heterocycles. The lowest BCUT2D eigenvalue weighted by Crippen LogP contribution is -2.47. The maximum absolute atomic E-state index is 12.3. The summed E-state index contributed by atoms with van der Waals surface area (Å²) >= 11 is 0. The summed E-state index contributed by atoms with van der Waals surface area (Å²) in [5, 5.41) is 12.5. The maximum atomic E-state index is 12.3. The molecular weight excluding hydrogens is 244 g/mol. The monoisotopic (exact) mass is 266 g/mol. The van der Waals surface area contributed by atoms with Gasteiger partial charge in [0.2, 0.25) is 5.91 Å². The van der Waals surface area contributed by atoms with Crippen LogP contribution in [0.2, 0.25) is 0 Å². The van der Waals surface area contributed by atoms with Crippen LogP contribution in [-0.2, 0) is 23.1 Å². The fourth-order valence-electron chi connectivity index (χ4n) is 2.42. The lowest BCUT2D eigenvalue weighted by molar-refractivity contribution is -0.140. The molecule has 1 aromatic rings. The molecule has 1 aliphatic heterocycles. The third-order valence-electron chi connectivity index (χ3n) is 4.14. The number of ether oxygens (including phenoxy) is 1. The van der Waals surface area contributed by atoms with Crippen LogP contribution in [0.4, 0.5) is 0 Å². The number of carbonyl (C=O) groups is 1. The number of hydrogen-bond donors (Lipinski definition) is 2. The Bertz CT molecular complexity index is 448. The number of hydrogen-bond acceptors (Lipinski definition) is 3. The Labute approximate surface area is 113 Å². The molecule has 0 radical (unpaired) electrons. The summed E-state index contributed by atoms with van der Waals surface area (Å²) in [4.78, 5) is 12.3. The zero-order valence-corrected chi connectivity index (χ0v) is 11.6. The number of aromatic nitrogens is 1. The van der Waals surface area contributed by atoms with E-state index in [0.29, 0.717) is 32.6 Å². The first-order valence-corrected chi connectivity index (χ1v) is 6.67. The second kappa shape index (κ2) is 5.75. The van der Waals surface area contributed by atoms with Crippen LogP contribution in [0.25, 0.3) is 0 Å². The van der Waals surface area contributed by atoms with Crippen molar-refractivity contribution < 1.29 is 14.6 Å². The van der Waals surface area contributed by atoms with Crippen LogP contribution < -0.4 is 5.32 Å². The lowest BCUT2D eigenvalue weighted by atomic mass is 9.80. The molecule has 0 aromatic carbocycles. The Hall–Kier alpha value is -1.33. The quantitative estimate of drug-likeness (QED) is 0.845. The van der Waals surface area contributed by atoms with Crippen molar-refractivity contribution in [2.24, 2.45) is 12.5 Å². The van der Waals surface area contributed by atoms with E-state index in [1.165, 1.54) is 0 Å². The molecule has 0 unspecified atom stereocenters. The summed E-state index contributed by atoms with van der Waals surface area (Å²) in [5.74, 6) is -0.0721. The van der Waals surface area contributed by atoms with Crippen molar-refractivity contribution in [2.75, 3.05) is 19.8 Å². The number of carbonyl (C=O) groups excluding carboxylic acids is 1. The van der Waals surface area contributed by atoms with E-state index in [1.807, 2.05) is 26.1 Å². The molecule has 1 amide bonds. The first-order valence-electron chi connectivity index (χ1n) is 6.67. The highest BCUT2D eigenvalue weighted by atomic mass is 16.5. The third-order valence-corrected chi connectivity index (χ3v) is 4.14. The van der Waals surface area contributed by atoms with E-state index in [0.717, 1.165) is 11.4 Å². The molecule has 2 heterocycles. The molecule has 0 aliphatic carbocycles. The molecule has 1 aliphatic rings. The number of aliphatic hydroxyl groups excluding tert-OH is 1. The summed E-state index contributed by atoms with van der Waals surface area (Å²) in [6, 6.07) is 4.03. The van der Waals surface area contributed by atoms with Crippen LogP contribution >= 0.6 is 0 Å². The van der Waals surface area contributed by atoms with Crippen molar-refractivity contribution in [1.29, 1.82) is 0 Å². The van der Waals surface area contributed by atoms with Gasteiger partial charge in [0, 0.05) is 31.6 Å². The molecule has 5 nitrogen and oxygen atoms in total. The van der Waals surface area contributed by atoms with Crippen LogP contribution in [0.5, 0.6) is 0 Å². The Morgan fingerprint density at radius 1 is 1.47 bits per heavy atom. The second-order valence-corrected chi connectivity index (χ2v) is 5.26. The molecule has 0 bridgehead atoms. The van der Waals surface area contributed by atoms with Gasteiger partial charge in [0.25, 0.3) is 0 Å². The number of rotatable bonds is 4. The SMILES string of the molecule is Cc1ccc(CNC(=O)C2(CO)CCOCC2)n1C. The molecule has 1 saturated heterocycles. The normalized spacial score (nSPS) is 18.3. The summed E-state index contributed by atoms with van der Waals surface area (Å²) in [6.07, 6.45) is 1.17. The average Bonchev–Trinajstić information content (AvgIpc) is 2.77. The van der Waals surface area contributed by atoms with E-state index in [2.05, 4.69) is 9.88 Å². The number of nitrogens with one attached hydrogen (secondary N) is 1. The summed E-state index contributed by atoms with van der Waals surface area (Å²) < 4.78 is 7.32. The smallest absolute Gasteiger partial charge is 0.229 e. The van der Waals surface area contributed by atoms with Crippen LogP contribution in [0.1, 0.15) is 24.2 Å². The number of amides is 1. The van der Waals surface area contributed by atoms with Gasteiger partial charge in [0.05, 0.1) is 18.6 Å². The average molecular weight is 266 g/mol. The minimum absolute atomic E-state index is 0.0721. The Morgan fingerprint density at radius 2 is 2.16 bits per heavy atom. The largest absolute Gasteiger partial charge is 0.395 e. The first kappa shape index (κ1) is 14.1. The van der Waals surface area contributed by atoms with Crippen molar-refractivity contribution in [2.45, 2.75) is 26.3 Å². The zero-order chi connectivity index (χ0) is 13.9. The van der Waals surface area contributed by atoms with Crippen LogP contribution in [0, 0.1) is 12.3 Å². The first-order chi connectivity index (χ1) is 9.09. The van der Waals surface area contributed by atoms with Crippen molar-refractivity contribution in [1.82, 2.24) is 9.88 Å². The highest BCUT2D eigenvalue weighted by molar-refractivity contribution is 5.82. The van der Waals surface area contributed by atoms with Gasteiger partial charge in [-0.05, 0) is 31.9 Å². The number of aliphatic hydroxyl groups is 1. The topological polar surface area (TPSA) is 63.5 Å². The predicted octanol–water partition coefficient (Wildman–Crippen LogP) is 0.739. The molecule has 0 saturated carbocycles. The van der Waals surface area contributed by atoms with Crippen molar-refractivity contribution in [3.8, 4) is 0 Å². The predicted molar refractivity (Wildman–Crippen MR) is 71.6 cm³/mol. The zero-order valence-electron chi connectivity index (χ0n) is 11.6. The highest BCUT2D eigenvalue weighted by Gasteiger charge is 2.39. The van der Waals surface area contributed by atoms with Gasteiger partial charge in [-0.3, -0.25) is 4.79 Å². The molecule has 2 rings (SSSR count). The maximum Gasteiger partial charge on any atom is 0.229 e. The Balaban J connectivity index is 1.98.